The first kappa shape index (κ1) is 20.4. The molecule has 1 amide bonds. The first-order chi connectivity index (χ1) is 12.1. The van der Waals surface area contributed by atoms with E-state index in [1.807, 2.05) is 19.1 Å². The second-order valence-electron chi connectivity index (χ2n) is 6.81. The first-order valence-corrected chi connectivity index (χ1v) is 10.2. The van der Waals surface area contributed by atoms with Gasteiger partial charge in [-0.3, -0.25) is 4.79 Å². The Morgan fingerprint density at radius 3 is 2.35 bits per heavy atom. The van der Waals surface area contributed by atoms with Gasteiger partial charge in [-0.2, -0.15) is 4.31 Å². The third-order valence-corrected chi connectivity index (χ3v) is 6.91. The lowest BCUT2D eigenvalue weighted by atomic mass is 10.1. The number of nitrogens with zero attached hydrogens (tertiary/aromatic N) is 1. The zero-order valence-corrected chi connectivity index (χ0v) is 16.4. The number of carbonyl (C=O) groups excluding carboxylic acids is 1. The van der Waals surface area contributed by atoms with Crippen LogP contribution in [0.15, 0.2) is 17.0 Å². The summed E-state index contributed by atoms with van der Waals surface area (Å²) < 4.78 is 27.7. The van der Waals surface area contributed by atoms with E-state index in [2.05, 4.69) is 5.32 Å². The maximum atomic E-state index is 13.2. The van der Waals surface area contributed by atoms with Crippen LogP contribution in [0.4, 0.5) is 0 Å². The van der Waals surface area contributed by atoms with E-state index >= 15 is 0 Å². The third-order valence-electron chi connectivity index (χ3n) is 4.70. The van der Waals surface area contributed by atoms with Gasteiger partial charge in [0.05, 0.1) is 4.90 Å². The molecule has 0 saturated carbocycles. The molecule has 0 spiro atoms. The van der Waals surface area contributed by atoms with E-state index in [4.69, 9.17) is 5.11 Å². The monoisotopic (exact) mass is 382 g/mol. The van der Waals surface area contributed by atoms with Crippen LogP contribution in [0, 0.1) is 20.8 Å². The van der Waals surface area contributed by atoms with Gasteiger partial charge < -0.3 is 10.4 Å². The van der Waals surface area contributed by atoms with Crippen molar-refractivity contribution in [3.63, 3.8) is 0 Å². The Hall–Kier alpha value is -1.93. The van der Waals surface area contributed by atoms with E-state index in [-0.39, 0.29) is 17.9 Å². The normalized spacial score (nSPS) is 19.3. The Labute approximate surface area is 154 Å². The zero-order valence-electron chi connectivity index (χ0n) is 15.6. The fourth-order valence-corrected chi connectivity index (χ4v) is 5.66. The molecule has 1 aromatic carbocycles. The number of rotatable bonds is 6. The molecular formula is C18H26N2O5S. The number of carboxylic acids is 1. The molecule has 0 aromatic heterocycles. The highest BCUT2D eigenvalue weighted by Crippen LogP contribution is 2.30. The van der Waals surface area contributed by atoms with Crippen molar-refractivity contribution < 1.29 is 23.1 Å². The molecule has 0 bridgehead atoms. The summed E-state index contributed by atoms with van der Waals surface area (Å²) in [5, 5.41) is 11.6. The Bertz CT molecular complexity index is 796. The number of benzene rings is 1. The topological polar surface area (TPSA) is 104 Å². The summed E-state index contributed by atoms with van der Waals surface area (Å²) in [7, 11) is -3.85. The average Bonchev–Trinajstić information content (AvgIpc) is 3.01. The van der Waals surface area contributed by atoms with E-state index in [1.165, 1.54) is 4.31 Å². The van der Waals surface area contributed by atoms with Crippen molar-refractivity contribution in [3.05, 3.63) is 28.8 Å². The highest BCUT2D eigenvalue weighted by Gasteiger charge is 2.41. The molecule has 1 aromatic rings. The summed E-state index contributed by atoms with van der Waals surface area (Å²) in [5.74, 6) is -1.68. The molecule has 144 valence electrons. The molecule has 1 fully saturated rings. The molecule has 2 unspecified atom stereocenters. The summed E-state index contributed by atoms with van der Waals surface area (Å²) >= 11 is 0. The van der Waals surface area contributed by atoms with Gasteiger partial charge in [0, 0.05) is 6.54 Å². The fraction of sp³-hybridized carbons (Fsp3) is 0.556. The summed E-state index contributed by atoms with van der Waals surface area (Å²) in [6, 6.07) is 1.72. The lowest BCUT2D eigenvalue weighted by Gasteiger charge is -2.26. The highest BCUT2D eigenvalue weighted by molar-refractivity contribution is 7.89. The minimum atomic E-state index is -3.85. The highest BCUT2D eigenvalue weighted by atomic mass is 32.2. The van der Waals surface area contributed by atoms with Crippen LogP contribution in [-0.4, -0.2) is 48.3 Å². The van der Waals surface area contributed by atoms with Gasteiger partial charge in [-0.25, -0.2) is 13.2 Å². The maximum absolute atomic E-state index is 13.2. The fourth-order valence-electron chi connectivity index (χ4n) is 3.59. The van der Waals surface area contributed by atoms with Crippen molar-refractivity contribution in [3.8, 4) is 0 Å². The van der Waals surface area contributed by atoms with Crippen LogP contribution in [0.2, 0.25) is 0 Å². The van der Waals surface area contributed by atoms with Crippen molar-refractivity contribution in [1.82, 2.24) is 9.62 Å². The lowest BCUT2D eigenvalue weighted by Crippen LogP contribution is -2.50. The quantitative estimate of drug-likeness (QED) is 0.780. The van der Waals surface area contributed by atoms with Crippen molar-refractivity contribution in [2.75, 3.05) is 6.54 Å². The van der Waals surface area contributed by atoms with Crippen LogP contribution in [0.5, 0.6) is 0 Å². The Kier molecular flexibility index (Phi) is 6.08. The Morgan fingerprint density at radius 2 is 1.85 bits per heavy atom. The predicted molar refractivity (Wildman–Crippen MR) is 97.4 cm³/mol. The molecule has 2 rings (SSSR count). The van der Waals surface area contributed by atoms with Gasteiger partial charge in [-0.1, -0.05) is 24.6 Å². The second kappa shape index (κ2) is 7.75. The van der Waals surface area contributed by atoms with Crippen LogP contribution in [0.25, 0.3) is 0 Å². The van der Waals surface area contributed by atoms with E-state index in [1.54, 1.807) is 20.8 Å². The van der Waals surface area contributed by atoms with E-state index in [0.29, 0.717) is 24.0 Å². The van der Waals surface area contributed by atoms with Crippen LogP contribution in [-0.2, 0) is 19.6 Å². The lowest BCUT2D eigenvalue weighted by molar-refractivity contribution is -0.142. The minimum Gasteiger partial charge on any atom is -0.480 e. The maximum Gasteiger partial charge on any atom is 0.326 e. The molecular weight excluding hydrogens is 356 g/mol. The molecule has 8 heteroatoms. The number of aliphatic carboxylic acids is 1. The van der Waals surface area contributed by atoms with Gasteiger partial charge in [-0.05, 0) is 51.2 Å². The predicted octanol–water partition coefficient (Wildman–Crippen LogP) is 1.74. The third kappa shape index (κ3) is 3.91. The van der Waals surface area contributed by atoms with E-state index in [0.717, 1.165) is 5.56 Å². The molecule has 26 heavy (non-hydrogen) atoms. The van der Waals surface area contributed by atoms with Crippen LogP contribution < -0.4 is 5.32 Å². The van der Waals surface area contributed by atoms with Crippen molar-refractivity contribution >= 4 is 21.9 Å². The molecule has 1 saturated heterocycles. The molecule has 0 aliphatic carbocycles. The SMILES string of the molecule is CCC(NC(=O)C1CCCN1S(=O)(=O)c1c(C)cc(C)cc1C)C(=O)O. The standard InChI is InChI=1S/C18H26N2O5S/c1-5-14(18(22)23)19-17(21)15-7-6-8-20(15)26(24,25)16-12(3)9-11(2)10-13(16)4/h9-10,14-15H,5-8H2,1-4H3,(H,19,21)(H,22,23). The molecule has 1 aliphatic heterocycles. The van der Waals surface area contributed by atoms with Gasteiger partial charge in [0.2, 0.25) is 15.9 Å². The molecule has 7 nitrogen and oxygen atoms in total. The van der Waals surface area contributed by atoms with Crippen LogP contribution >= 0.6 is 0 Å². The minimum absolute atomic E-state index is 0.230. The Morgan fingerprint density at radius 1 is 1.27 bits per heavy atom. The molecule has 0 radical (unpaired) electrons. The van der Waals surface area contributed by atoms with Gasteiger partial charge in [0.1, 0.15) is 12.1 Å². The number of carboxylic acid groups (broad SMARTS) is 1. The summed E-state index contributed by atoms with van der Waals surface area (Å²) in [6.07, 6.45) is 1.17. The number of aryl methyl sites for hydroxylation is 3. The largest absolute Gasteiger partial charge is 0.480 e. The van der Waals surface area contributed by atoms with Crippen molar-refractivity contribution in [2.24, 2.45) is 0 Å². The summed E-state index contributed by atoms with van der Waals surface area (Å²) in [4.78, 5) is 23.9. The van der Waals surface area contributed by atoms with Crippen LogP contribution in [0.3, 0.4) is 0 Å². The number of sulfonamides is 1. The Balaban J connectivity index is 2.35. The number of carbonyl (C=O) groups is 2. The van der Waals surface area contributed by atoms with Crippen LogP contribution in [0.1, 0.15) is 42.9 Å². The first-order valence-electron chi connectivity index (χ1n) is 8.72. The van der Waals surface area contributed by atoms with Gasteiger partial charge in [0.25, 0.3) is 0 Å². The smallest absolute Gasteiger partial charge is 0.326 e. The number of nitrogens with one attached hydrogen (secondary N) is 1. The van der Waals surface area contributed by atoms with E-state index in [9.17, 15) is 18.0 Å². The van der Waals surface area contributed by atoms with Crippen molar-refractivity contribution in [1.29, 1.82) is 0 Å². The molecule has 2 atom stereocenters. The zero-order chi connectivity index (χ0) is 19.6. The van der Waals surface area contributed by atoms with Crippen molar-refractivity contribution in [2.45, 2.75) is 63.9 Å². The second-order valence-corrected chi connectivity index (χ2v) is 8.64. The number of amides is 1. The van der Waals surface area contributed by atoms with Gasteiger partial charge in [0.15, 0.2) is 0 Å². The van der Waals surface area contributed by atoms with Gasteiger partial charge >= 0.3 is 5.97 Å². The molecule has 1 aliphatic rings. The molecule has 1 heterocycles. The number of hydrogen-bond donors (Lipinski definition) is 2. The number of hydrogen-bond acceptors (Lipinski definition) is 4. The summed E-state index contributed by atoms with van der Waals surface area (Å²) in [5.41, 5.74) is 2.26. The van der Waals surface area contributed by atoms with Gasteiger partial charge in [-0.15, -0.1) is 0 Å². The average molecular weight is 382 g/mol. The summed E-state index contributed by atoms with van der Waals surface area (Å²) in [6.45, 7) is 7.29. The van der Waals surface area contributed by atoms with E-state index < -0.39 is 34.0 Å². The molecule has 2 N–H and O–H groups in total.